The Labute approximate surface area is 83.8 Å². The lowest BCUT2D eigenvalue weighted by Gasteiger charge is -2.23. The highest BCUT2D eigenvalue weighted by atomic mass is 32.2. The molecule has 1 saturated heterocycles. The molecule has 3 nitrogen and oxygen atoms in total. The number of rotatable bonds is 3. The Morgan fingerprint density at radius 1 is 1.77 bits per heavy atom. The van der Waals surface area contributed by atoms with E-state index in [1.165, 1.54) is 18.6 Å². The second-order valence-corrected chi connectivity index (χ2v) is 5.59. The molecule has 0 radical (unpaired) electrons. The van der Waals surface area contributed by atoms with Gasteiger partial charge < -0.3 is 11.1 Å². The molecule has 0 aliphatic carbocycles. The van der Waals surface area contributed by atoms with Crippen LogP contribution in [0.4, 0.5) is 0 Å². The summed E-state index contributed by atoms with van der Waals surface area (Å²) in [6.45, 7) is 4.66. The molecule has 1 fully saturated rings. The highest BCUT2D eigenvalue weighted by Gasteiger charge is 2.29. The van der Waals surface area contributed by atoms with Gasteiger partial charge in [-0.15, -0.1) is 0 Å². The minimum absolute atomic E-state index is 0.0475. The lowest BCUT2D eigenvalue weighted by atomic mass is 10.1. The fraction of sp³-hybridized carbons (Fsp3) is 0.889. The highest BCUT2D eigenvalue weighted by Crippen LogP contribution is 2.36. The molecular weight excluding hydrogens is 184 g/mol. The summed E-state index contributed by atoms with van der Waals surface area (Å²) in [4.78, 5) is 11.2. The summed E-state index contributed by atoms with van der Waals surface area (Å²) in [6.07, 6.45) is 2.45. The first-order chi connectivity index (χ1) is 6.03. The van der Waals surface area contributed by atoms with E-state index in [-0.39, 0.29) is 10.7 Å². The van der Waals surface area contributed by atoms with Crippen molar-refractivity contribution >= 4 is 17.7 Å². The molecule has 1 aliphatic rings. The van der Waals surface area contributed by atoms with Crippen molar-refractivity contribution in [3.63, 3.8) is 0 Å². The Morgan fingerprint density at radius 2 is 2.46 bits per heavy atom. The molecule has 2 atom stereocenters. The second kappa shape index (κ2) is 4.33. The van der Waals surface area contributed by atoms with Crippen molar-refractivity contribution in [2.24, 2.45) is 5.73 Å². The monoisotopic (exact) mass is 202 g/mol. The van der Waals surface area contributed by atoms with Crippen LogP contribution in [-0.2, 0) is 4.79 Å². The molecular formula is C9H18N2OS. The molecule has 13 heavy (non-hydrogen) atoms. The quantitative estimate of drug-likeness (QED) is 0.709. The molecule has 3 N–H and O–H groups in total. The number of hydrogen-bond acceptors (Lipinski definition) is 3. The number of carbonyl (C=O) groups is 1. The Balaban J connectivity index is 2.29. The predicted octanol–water partition coefficient (Wildman–Crippen LogP) is 0.735. The van der Waals surface area contributed by atoms with Crippen LogP contribution in [0.15, 0.2) is 0 Å². The van der Waals surface area contributed by atoms with E-state index in [0.29, 0.717) is 0 Å². The topological polar surface area (TPSA) is 55.1 Å². The Bertz CT molecular complexity index is 188. The third kappa shape index (κ3) is 3.19. The molecule has 0 aromatic rings. The molecule has 1 rings (SSSR count). The van der Waals surface area contributed by atoms with E-state index >= 15 is 0 Å². The van der Waals surface area contributed by atoms with Gasteiger partial charge in [-0.1, -0.05) is 0 Å². The van der Waals surface area contributed by atoms with Crippen LogP contribution < -0.4 is 11.1 Å². The standard InChI is InChI=1S/C9H18N2OS/c1-7(10)8(12)11-6-9(2)4-3-5-13-9/h7H,3-6,10H2,1-2H3,(H,11,12)/t7-,9?/m1/s1. The molecule has 1 unspecified atom stereocenters. The van der Waals surface area contributed by atoms with Gasteiger partial charge in [0.15, 0.2) is 0 Å². The summed E-state index contributed by atoms with van der Waals surface area (Å²) in [5.41, 5.74) is 5.44. The molecule has 1 aliphatic heterocycles. The van der Waals surface area contributed by atoms with Gasteiger partial charge in [-0.05, 0) is 32.4 Å². The van der Waals surface area contributed by atoms with Gasteiger partial charge in [0.05, 0.1) is 6.04 Å². The summed E-state index contributed by atoms with van der Waals surface area (Å²) in [5.74, 6) is 1.17. The summed E-state index contributed by atoms with van der Waals surface area (Å²) < 4.78 is 0.241. The Morgan fingerprint density at radius 3 is 2.92 bits per heavy atom. The van der Waals surface area contributed by atoms with E-state index in [0.717, 1.165) is 6.54 Å². The van der Waals surface area contributed by atoms with Gasteiger partial charge in [0.25, 0.3) is 0 Å². The van der Waals surface area contributed by atoms with Gasteiger partial charge in [0, 0.05) is 11.3 Å². The summed E-state index contributed by atoms with van der Waals surface area (Å²) in [7, 11) is 0. The zero-order chi connectivity index (χ0) is 9.90. The zero-order valence-electron chi connectivity index (χ0n) is 8.30. The first kappa shape index (κ1) is 10.9. The molecule has 76 valence electrons. The van der Waals surface area contributed by atoms with Crippen LogP contribution in [0.25, 0.3) is 0 Å². The van der Waals surface area contributed by atoms with Crippen LogP contribution in [0.5, 0.6) is 0 Å². The van der Waals surface area contributed by atoms with Gasteiger partial charge in [-0.2, -0.15) is 11.8 Å². The van der Waals surface area contributed by atoms with Crippen molar-refractivity contribution in [1.29, 1.82) is 0 Å². The van der Waals surface area contributed by atoms with Crippen LogP contribution in [0, 0.1) is 0 Å². The van der Waals surface area contributed by atoms with E-state index in [4.69, 9.17) is 5.73 Å². The van der Waals surface area contributed by atoms with Crippen LogP contribution in [0.2, 0.25) is 0 Å². The average molecular weight is 202 g/mol. The third-order valence-electron chi connectivity index (χ3n) is 2.35. The lowest BCUT2D eigenvalue weighted by Crippen LogP contribution is -2.43. The number of thioether (sulfide) groups is 1. The van der Waals surface area contributed by atoms with Gasteiger partial charge in [0.1, 0.15) is 0 Å². The number of amides is 1. The highest BCUT2D eigenvalue weighted by molar-refractivity contribution is 8.00. The molecule has 4 heteroatoms. The zero-order valence-corrected chi connectivity index (χ0v) is 9.12. The maximum Gasteiger partial charge on any atom is 0.236 e. The van der Waals surface area contributed by atoms with E-state index in [1.807, 2.05) is 11.8 Å². The van der Waals surface area contributed by atoms with Crippen LogP contribution in [0.3, 0.4) is 0 Å². The molecule has 0 saturated carbocycles. The van der Waals surface area contributed by atoms with Crippen molar-refractivity contribution in [2.75, 3.05) is 12.3 Å². The third-order valence-corrected chi connectivity index (χ3v) is 3.89. The van der Waals surface area contributed by atoms with Crippen molar-refractivity contribution in [3.8, 4) is 0 Å². The molecule has 0 spiro atoms. The van der Waals surface area contributed by atoms with Gasteiger partial charge in [-0.3, -0.25) is 4.79 Å². The smallest absolute Gasteiger partial charge is 0.236 e. The number of hydrogen-bond donors (Lipinski definition) is 2. The molecule has 0 aromatic carbocycles. The first-order valence-corrected chi connectivity index (χ1v) is 5.69. The van der Waals surface area contributed by atoms with Crippen molar-refractivity contribution in [3.05, 3.63) is 0 Å². The fourth-order valence-electron chi connectivity index (χ4n) is 1.41. The molecule has 1 heterocycles. The van der Waals surface area contributed by atoms with Crippen LogP contribution in [-0.4, -0.2) is 29.0 Å². The van der Waals surface area contributed by atoms with Gasteiger partial charge in [-0.25, -0.2) is 0 Å². The van der Waals surface area contributed by atoms with E-state index in [1.54, 1.807) is 6.92 Å². The largest absolute Gasteiger partial charge is 0.353 e. The van der Waals surface area contributed by atoms with Gasteiger partial charge >= 0.3 is 0 Å². The minimum atomic E-state index is -0.394. The van der Waals surface area contributed by atoms with Crippen LogP contribution in [0.1, 0.15) is 26.7 Å². The van der Waals surface area contributed by atoms with Gasteiger partial charge in [0.2, 0.25) is 5.91 Å². The fourth-order valence-corrected chi connectivity index (χ4v) is 2.66. The Kier molecular flexibility index (Phi) is 3.62. The first-order valence-electron chi connectivity index (χ1n) is 4.71. The molecule has 1 amide bonds. The number of nitrogens with one attached hydrogen (secondary N) is 1. The van der Waals surface area contributed by atoms with E-state index < -0.39 is 6.04 Å². The van der Waals surface area contributed by atoms with E-state index in [2.05, 4.69) is 12.2 Å². The van der Waals surface area contributed by atoms with Crippen molar-refractivity contribution in [2.45, 2.75) is 37.5 Å². The van der Waals surface area contributed by atoms with Crippen molar-refractivity contribution in [1.82, 2.24) is 5.32 Å². The van der Waals surface area contributed by atoms with E-state index in [9.17, 15) is 4.79 Å². The molecule has 0 aromatic heterocycles. The Hall–Kier alpha value is -0.220. The maximum absolute atomic E-state index is 11.2. The normalized spacial score (nSPS) is 30.1. The molecule has 0 bridgehead atoms. The summed E-state index contributed by atoms with van der Waals surface area (Å²) in [5, 5.41) is 2.88. The lowest BCUT2D eigenvalue weighted by molar-refractivity contribution is -0.122. The SMILES string of the molecule is C[C@@H](N)C(=O)NCC1(C)CCCS1. The summed E-state index contributed by atoms with van der Waals surface area (Å²) >= 11 is 1.94. The van der Waals surface area contributed by atoms with Crippen LogP contribution >= 0.6 is 11.8 Å². The summed E-state index contributed by atoms with van der Waals surface area (Å²) in [6, 6.07) is -0.394. The number of carbonyl (C=O) groups excluding carboxylic acids is 1. The minimum Gasteiger partial charge on any atom is -0.353 e. The van der Waals surface area contributed by atoms with Crippen molar-refractivity contribution < 1.29 is 4.79 Å². The second-order valence-electron chi connectivity index (χ2n) is 3.91. The predicted molar refractivity (Wildman–Crippen MR) is 56.8 cm³/mol. The average Bonchev–Trinajstić information content (AvgIpc) is 2.48. The maximum atomic E-state index is 11.2. The number of nitrogens with two attached hydrogens (primary N) is 1.